The molecule has 0 unspecified atom stereocenters. The molecular weight excluding hydrogens is 558 g/mol. The quantitative estimate of drug-likeness (QED) is 0.199. The molecule has 0 atom stereocenters. The van der Waals surface area contributed by atoms with Crippen molar-refractivity contribution in [2.75, 3.05) is 4.90 Å². The summed E-state index contributed by atoms with van der Waals surface area (Å²) in [7, 11) is 0. The Bertz CT molecular complexity index is 1800. The third-order valence-corrected chi connectivity index (χ3v) is 14.2. The number of fused-ring (bicyclic) bond motifs is 3. The third kappa shape index (κ3) is 3.88. The zero-order valence-corrected chi connectivity index (χ0v) is 27.0. The van der Waals surface area contributed by atoms with Gasteiger partial charge in [-0.25, -0.2) is 0 Å². The monoisotopic (exact) mass is 603 g/mol. The summed E-state index contributed by atoms with van der Waals surface area (Å²) in [6, 6.07) is 34.9. The number of benzene rings is 4. The lowest BCUT2D eigenvalue weighted by atomic mass is 9.48. The Morgan fingerprint density at radius 1 is 0.457 bits per heavy atom. The van der Waals surface area contributed by atoms with Gasteiger partial charge in [0.2, 0.25) is 0 Å². The van der Waals surface area contributed by atoms with Crippen molar-refractivity contribution in [2.45, 2.75) is 87.9 Å². The fraction of sp³-hybridized carbons (Fsp3) is 0.455. The van der Waals surface area contributed by atoms with Gasteiger partial charge in [-0.15, -0.1) is 0 Å². The molecule has 0 saturated heterocycles. The lowest BCUT2D eigenvalue weighted by Crippen LogP contribution is -2.48. The van der Waals surface area contributed by atoms with Crippen molar-refractivity contribution in [2.24, 2.45) is 35.5 Å². The molecule has 0 aliphatic heterocycles. The Morgan fingerprint density at radius 2 is 0.891 bits per heavy atom. The number of furan rings is 1. The SMILES string of the molecule is c1ccc2c(c1)oc1cccc(N(c3ccc(C45CC6CC(CC(C6)C4)C5)cc3)c3ccc(C45CC6CC(CC(C6)C4)C5)cc3)c12. The largest absolute Gasteiger partial charge is 0.456 e. The first kappa shape index (κ1) is 26.5. The highest BCUT2D eigenvalue weighted by atomic mass is 16.3. The second-order valence-electron chi connectivity index (χ2n) is 17.1. The highest BCUT2D eigenvalue weighted by Gasteiger charge is 2.52. The van der Waals surface area contributed by atoms with Gasteiger partial charge in [-0.2, -0.15) is 0 Å². The van der Waals surface area contributed by atoms with Gasteiger partial charge < -0.3 is 9.32 Å². The van der Waals surface area contributed by atoms with Crippen molar-refractivity contribution in [3.8, 4) is 0 Å². The van der Waals surface area contributed by atoms with E-state index >= 15 is 0 Å². The predicted octanol–water partition coefficient (Wildman–Crippen LogP) is 12.0. The average molecular weight is 604 g/mol. The molecular formula is C44H45NO. The van der Waals surface area contributed by atoms with E-state index in [0.717, 1.165) is 46.7 Å². The van der Waals surface area contributed by atoms with E-state index in [0.29, 0.717) is 10.8 Å². The normalized spacial score (nSPS) is 35.4. The molecule has 8 aliphatic carbocycles. The van der Waals surface area contributed by atoms with Crippen molar-refractivity contribution in [3.63, 3.8) is 0 Å². The van der Waals surface area contributed by atoms with Crippen LogP contribution in [0.2, 0.25) is 0 Å². The molecule has 4 aromatic carbocycles. The topological polar surface area (TPSA) is 16.4 Å². The van der Waals surface area contributed by atoms with Crippen LogP contribution in [0.5, 0.6) is 0 Å². The van der Waals surface area contributed by atoms with Gasteiger partial charge in [0.1, 0.15) is 11.2 Å². The standard InChI is InChI=1S/C44H45NO/c1-2-6-40-38(4-1)42-39(5-3-7-41(42)46-40)45(36-12-8-34(9-13-36)43-22-28-16-29(23-43)18-30(17-28)24-43)37-14-10-35(11-15-37)44-25-31-19-32(26-44)21-33(20-31)27-44/h1-15,28-33H,16-27H2. The molecule has 0 amide bonds. The smallest absolute Gasteiger partial charge is 0.137 e. The Morgan fingerprint density at radius 3 is 1.37 bits per heavy atom. The van der Waals surface area contributed by atoms with E-state index in [1.165, 1.54) is 105 Å². The van der Waals surface area contributed by atoms with Crippen LogP contribution in [0.15, 0.2) is 95.4 Å². The molecule has 8 saturated carbocycles. The van der Waals surface area contributed by atoms with Crippen LogP contribution in [-0.4, -0.2) is 0 Å². The molecule has 232 valence electrons. The first-order chi connectivity index (χ1) is 22.6. The van der Waals surface area contributed by atoms with E-state index in [2.05, 4.69) is 95.9 Å². The van der Waals surface area contributed by atoms with Gasteiger partial charge in [0.15, 0.2) is 0 Å². The first-order valence-electron chi connectivity index (χ1n) is 18.5. The predicted molar refractivity (Wildman–Crippen MR) is 188 cm³/mol. The molecule has 2 heteroatoms. The minimum Gasteiger partial charge on any atom is -0.456 e. The second kappa shape index (κ2) is 9.52. The van der Waals surface area contributed by atoms with Gasteiger partial charge >= 0.3 is 0 Å². The van der Waals surface area contributed by atoms with E-state index < -0.39 is 0 Å². The number of nitrogens with zero attached hydrogens (tertiary/aromatic N) is 1. The number of rotatable bonds is 5. The van der Waals surface area contributed by atoms with Crippen molar-refractivity contribution in [3.05, 3.63) is 102 Å². The van der Waals surface area contributed by atoms with Crippen molar-refractivity contribution < 1.29 is 4.42 Å². The summed E-state index contributed by atoms with van der Waals surface area (Å²) in [5.74, 6) is 5.76. The van der Waals surface area contributed by atoms with Gasteiger partial charge in [0, 0.05) is 16.8 Å². The summed E-state index contributed by atoms with van der Waals surface area (Å²) in [4.78, 5) is 2.51. The van der Waals surface area contributed by atoms with Gasteiger partial charge in [0.05, 0.1) is 11.1 Å². The van der Waals surface area contributed by atoms with Gasteiger partial charge in [-0.05, 0) is 177 Å². The number of anilines is 3. The highest BCUT2D eigenvalue weighted by Crippen LogP contribution is 2.62. The fourth-order valence-corrected chi connectivity index (χ4v) is 13.2. The van der Waals surface area contributed by atoms with Crippen molar-refractivity contribution >= 4 is 39.0 Å². The van der Waals surface area contributed by atoms with Crippen molar-refractivity contribution in [1.29, 1.82) is 0 Å². The molecule has 8 aliphatic rings. The van der Waals surface area contributed by atoms with Gasteiger partial charge in [-0.1, -0.05) is 48.5 Å². The van der Waals surface area contributed by atoms with Gasteiger partial charge in [-0.3, -0.25) is 0 Å². The number of hydrogen-bond donors (Lipinski definition) is 0. The highest BCUT2D eigenvalue weighted by molar-refractivity contribution is 6.13. The summed E-state index contributed by atoms with van der Waals surface area (Å²) < 4.78 is 6.40. The maximum atomic E-state index is 6.40. The number of para-hydroxylation sites is 1. The lowest BCUT2D eigenvalue weighted by molar-refractivity contribution is -0.00529. The van der Waals surface area contributed by atoms with Crippen LogP contribution in [0.3, 0.4) is 0 Å². The minimum atomic E-state index is 0.415. The van der Waals surface area contributed by atoms with Crippen LogP contribution in [-0.2, 0) is 10.8 Å². The third-order valence-electron chi connectivity index (χ3n) is 14.2. The number of hydrogen-bond acceptors (Lipinski definition) is 2. The average Bonchev–Trinajstić information content (AvgIpc) is 3.44. The first-order valence-corrected chi connectivity index (χ1v) is 18.5. The Hall–Kier alpha value is -3.52. The van der Waals surface area contributed by atoms with Crippen LogP contribution in [0.1, 0.15) is 88.2 Å². The van der Waals surface area contributed by atoms with Crippen LogP contribution < -0.4 is 4.90 Å². The Labute approximate surface area is 273 Å². The molecule has 1 heterocycles. The molecule has 8 fully saturated rings. The van der Waals surface area contributed by atoms with E-state index in [1.807, 2.05) is 0 Å². The zero-order chi connectivity index (χ0) is 30.0. The zero-order valence-electron chi connectivity index (χ0n) is 27.0. The molecule has 0 spiro atoms. The maximum absolute atomic E-state index is 6.40. The van der Waals surface area contributed by atoms with Gasteiger partial charge in [0.25, 0.3) is 0 Å². The van der Waals surface area contributed by atoms with Crippen LogP contribution in [0, 0.1) is 35.5 Å². The Balaban J connectivity index is 1.02. The molecule has 8 bridgehead atoms. The van der Waals surface area contributed by atoms with E-state index in [9.17, 15) is 0 Å². The molecule has 13 rings (SSSR count). The molecule has 5 aromatic rings. The summed E-state index contributed by atoms with van der Waals surface area (Å²) in [5.41, 5.74) is 9.63. The molecule has 46 heavy (non-hydrogen) atoms. The molecule has 2 nitrogen and oxygen atoms in total. The van der Waals surface area contributed by atoms with E-state index in [1.54, 1.807) is 11.1 Å². The van der Waals surface area contributed by atoms with E-state index in [4.69, 9.17) is 4.42 Å². The summed E-state index contributed by atoms with van der Waals surface area (Å²) in [6.45, 7) is 0. The molecule has 0 radical (unpaired) electrons. The minimum absolute atomic E-state index is 0.415. The van der Waals surface area contributed by atoms with Crippen LogP contribution in [0.25, 0.3) is 21.9 Å². The summed E-state index contributed by atoms with van der Waals surface area (Å²) in [6.07, 6.45) is 17.4. The maximum Gasteiger partial charge on any atom is 0.137 e. The van der Waals surface area contributed by atoms with Crippen LogP contribution >= 0.6 is 0 Å². The van der Waals surface area contributed by atoms with Crippen LogP contribution in [0.4, 0.5) is 17.1 Å². The summed E-state index contributed by atoms with van der Waals surface area (Å²) in [5, 5.41) is 2.39. The van der Waals surface area contributed by atoms with E-state index in [-0.39, 0.29) is 0 Å². The molecule has 1 aromatic heterocycles. The fourth-order valence-electron chi connectivity index (χ4n) is 13.2. The lowest BCUT2D eigenvalue weighted by Gasteiger charge is -2.57. The molecule has 0 N–H and O–H groups in total. The van der Waals surface area contributed by atoms with Crippen molar-refractivity contribution in [1.82, 2.24) is 0 Å². The second-order valence-corrected chi connectivity index (χ2v) is 17.1. The Kier molecular flexibility index (Phi) is 5.49. The summed E-state index contributed by atoms with van der Waals surface area (Å²) >= 11 is 0.